The van der Waals surface area contributed by atoms with Gasteiger partial charge in [-0.15, -0.1) is 0 Å². The van der Waals surface area contributed by atoms with Gasteiger partial charge in [-0.05, 0) is 45.0 Å². The second-order valence-electron chi connectivity index (χ2n) is 4.49. The molecule has 100 valence electrons. The van der Waals surface area contributed by atoms with E-state index in [1.54, 1.807) is 20.1 Å². The maximum atomic E-state index is 11.6. The van der Waals surface area contributed by atoms with E-state index < -0.39 is 0 Å². The van der Waals surface area contributed by atoms with Gasteiger partial charge in [-0.2, -0.15) is 0 Å². The quantitative estimate of drug-likeness (QED) is 0.795. The Labute approximate surface area is 117 Å². The van der Waals surface area contributed by atoms with E-state index in [-0.39, 0.29) is 5.78 Å². The summed E-state index contributed by atoms with van der Waals surface area (Å²) in [6.07, 6.45) is 0. The van der Waals surface area contributed by atoms with Gasteiger partial charge in [0.1, 0.15) is 5.75 Å². The summed E-state index contributed by atoms with van der Waals surface area (Å²) in [5, 5.41) is 0.632. The monoisotopic (exact) mass is 277 g/mol. The van der Waals surface area contributed by atoms with Crippen LogP contribution in [0, 0.1) is 13.8 Å². The van der Waals surface area contributed by atoms with Crippen molar-refractivity contribution < 1.29 is 9.53 Å². The van der Waals surface area contributed by atoms with Crippen molar-refractivity contribution in [2.45, 2.75) is 20.8 Å². The molecule has 0 saturated carbocycles. The fourth-order valence-electron chi connectivity index (χ4n) is 2.33. The summed E-state index contributed by atoms with van der Waals surface area (Å²) in [7, 11) is 1.62. The molecule has 0 atom stereocenters. The lowest BCUT2D eigenvalue weighted by Gasteiger charge is -2.14. The average molecular weight is 278 g/mol. The first-order valence-corrected chi connectivity index (χ1v) is 6.37. The van der Waals surface area contributed by atoms with E-state index in [1.807, 2.05) is 36.6 Å². The van der Waals surface area contributed by atoms with Crippen LogP contribution in [0.1, 0.15) is 28.7 Å². The Morgan fingerprint density at radius 2 is 1.95 bits per heavy atom. The summed E-state index contributed by atoms with van der Waals surface area (Å²) in [5.74, 6) is 0.779. The Morgan fingerprint density at radius 3 is 2.47 bits per heavy atom. The molecule has 0 radical (unpaired) electrons. The fraction of sp³-hybridized carbons (Fsp3) is 0.267. The molecule has 0 unspecified atom stereocenters. The van der Waals surface area contributed by atoms with Crippen molar-refractivity contribution in [1.82, 2.24) is 4.57 Å². The van der Waals surface area contributed by atoms with Crippen molar-refractivity contribution in [2.75, 3.05) is 7.11 Å². The third-order valence-corrected chi connectivity index (χ3v) is 3.43. The Morgan fingerprint density at radius 1 is 1.26 bits per heavy atom. The van der Waals surface area contributed by atoms with Crippen LogP contribution in [0.3, 0.4) is 0 Å². The number of nitrogens with zero attached hydrogens (tertiary/aromatic N) is 1. The van der Waals surface area contributed by atoms with Crippen LogP contribution in [-0.4, -0.2) is 17.5 Å². The van der Waals surface area contributed by atoms with Gasteiger partial charge in [-0.3, -0.25) is 4.79 Å². The number of hydrogen-bond acceptors (Lipinski definition) is 2. The number of halogens is 1. The molecule has 0 aliphatic carbocycles. The predicted molar refractivity (Wildman–Crippen MR) is 76.8 cm³/mol. The first kappa shape index (κ1) is 13.7. The standard InChI is InChI=1S/C15H16ClNO2/c1-9-7-13(11(3)18)10(2)17(9)14-8-12(16)5-6-15(14)19-4/h5-8H,1-4H3. The molecular formula is C15H16ClNO2. The van der Waals surface area contributed by atoms with Gasteiger partial charge >= 0.3 is 0 Å². The van der Waals surface area contributed by atoms with Crippen LogP contribution in [-0.2, 0) is 0 Å². The summed E-state index contributed by atoms with van der Waals surface area (Å²) in [6.45, 7) is 5.45. The Balaban J connectivity index is 2.72. The highest BCUT2D eigenvalue weighted by molar-refractivity contribution is 6.30. The fourth-order valence-corrected chi connectivity index (χ4v) is 2.49. The van der Waals surface area contributed by atoms with Crippen LogP contribution in [0.4, 0.5) is 0 Å². The molecule has 0 aliphatic rings. The predicted octanol–water partition coefficient (Wildman–Crippen LogP) is 3.96. The molecule has 0 spiro atoms. The topological polar surface area (TPSA) is 31.2 Å². The third kappa shape index (κ3) is 2.38. The SMILES string of the molecule is COc1ccc(Cl)cc1-n1c(C)cc(C(C)=O)c1C. The molecular weight excluding hydrogens is 262 g/mol. The van der Waals surface area contributed by atoms with Gasteiger partial charge in [0, 0.05) is 22.0 Å². The van der Waals surface area contributed by atoms with E-state index in [4.69, 9.17) is 16.3 Å². The molecule has 0 fully saturated rings. The van der Waals surface area contributed by atoms with Gasteiger partial charge in [-0.1, -0.05) is 11.6 Å². The summed E-state index contributed by atoms with van der Waals surface area (Å²) in [5.41, 5.74) is 3.44. The van der Waals surface area contributed by atoms with Crippen LogP contribution < -0.4 is 4.74 Å². The summed E-state index contributed by atoms with van der Waals surface area (Å²) in [6, 6.07) is 7.33. The minimum absolute atomic E-state index is 0.0559. The number of Topliss-reactive ketones (excluding diaryl/α,β-unsaturated/α-hetero) is 1. The minimum atomic E-state index is 0.0559. The number of ketones is 1. The van der Waals surface area contributed by atoms with Crippen molar-refractivity contribution in [3.05, 3.63) is 46.2 Å². The van der Waals surface area contributed by atoms with Crippen LogP contribution in [0.5, 0.6) is 5.75 Å². The second-order valence-corrected chi connectivity index (χ2v) is 4.93. The molecule has 0 N–H and O–H groups in total. The highest BCUT2D eigenvalue weighted by Crippen LogP contribution is 2.30. The molecule has 1 heterocycles. The molecule has 0 aliphatic heterocycles. The number of methoxy groups -OCH3 is 1. The van der Waals surface area contributed by atoms with E-state index in [2.05, 4.69) is 0 Å². The molecule has 0 amide bonds. The van der Waals surface area contributed by atoms with E-state index >= 15 is 0 Å². The maximum Gasteiger partial charge on any atom is 0.161 e. The molecule has 2 aromatic rings. The maximum absolute atomic E-state index is 11.6. The zero-order valence-electron chi connectivity index (χ0n) is 11.5. The van der Waals surface area contributed by atoms with Gasteiger partial charge in [-0.25, -0.2) is 0 Å². The van der Waals surface area contributed by atoms with Gasteiger partial charge in [0.2, 0.25) is 0 Å². The molecule has 1 aromatic heterocycles. The van der Waals surface area contributed by atoms with Crippen molar-refractivity contribution >= 4 is 17.4 Å². The van der Waals surface area contributed by atoms with Crippen LogP contribution >= 0.6 is 11.6 Å². The van der Waals surface area contributed by atoms with E-state index in [0.29, 0.717) is 5.02 Å². The Kier molecular flexibility index (Phi) is 3.67. The number of benzene rings is 1. The smallest absolute Gasteiger partial charge is 0.161 e. The lowest BCUT2D eigenvalue weighted by atomic mass is 10.2. The number of aromatic nitrogens is 1. The van der Waals surface area contributed by atoms with E-state index in [9.17, 15) is 4.79 Å². The van der Waals surface area contributed by atoms with Gasteiger partial charge in [0.05, 0.1) is 12.8 Å². The third-order valence-electron chi connectivity index (χ3n) is 3.19. The molecule has 4 heteroatoms. The van der Waals surface area contributed by atoms with Gasteiger partial charge in [0.25, 0.3) is 0 Å². The zero-order chi connectivity index (χ0) is 14.2. The van der Waals surface area contributed by atoms with E-state index in [1.165, 1.54) is 0 Å². The highest BCUT2D eigenvalue weighted by atomic mass is 35.5. The second kappa shape index (κ2) is 5.10. The van der Waals surface area contributed by atoms with Crippen molar-refractivity contribution in [2.24, 2.45) is 0 Å². The van der Waals surface area contributed by atoms with Gasteiger partial charge in [0.15, 0.2) is 5.78 Å². The van der Waals surface area contributed by atoms with Crippen LogP contribution in [0.25, 0.3) is 5.69 Å². The largest absolute Gasteiger partial charge is 0.495 e. The van der Waals surface area contributed by atoms with Gasteiger partial charge < -0.3 is 9.30 Å². The molecule has 0 saturated heterocycles. The minimum Gasteiger partial charge on any atom is -0.495 e. The lowest BCUT2D eigenvalue weighted by molar-refractivity contribution is 0.101. The summed E-state index contributed by atoms with van der Waals surface area (Å²) < 4.78 is 7.36. The van der Waals surface area contributed by atoms with Crippen LogP contribution in [0.2, 0.25) is 5.02 Å². The number of carbonyl (C=O) groups is 1. The first-order valence-electron chi connectivity index (χ1n) is 5.99. The molecule has 1 aromatic carbocycles. The summed E-state index contributed by atoms with van der Waals surface area (Å²) >= 11 is 6.06. The molecule has 2 rings (SSSR count). The normalized spacial score (nSPS) is 10.6. The Hall–Kier alpha value is -1.74. The zero-order valence-corrected chi connectivity index (χ0v) is 12.2. The van der Waals surface area contributed by atoms with Crippen molar-refractivity contribution in [3.63, 3.8) is 0 Å². The van der Waals surface area contributed by atoms with Crippen LogP contribution in [0.15, 0.2) is 24.3 Å². The summed E-state index contributed by atoms with van der Waals surface area (Å²) in [4.78, 5) is 11.6. The van der Waals surface area contributed by atoms with Crippen molar-refractivity contribution in [1.29, 1.82) is 0 Å². The molecule has 3 nitrogen and oxygen atoms in total. The number of rotatable bonds is 3. The number of ether oxygens (including phenoxy) is 1. The Bertz CT molecular complexity index is 644. The molecule has 0 bridgehead atoms. The highest BCUT2D eigenvalue weighted by Gasteiger charge is 2.16. The number of hydrogen-bond donors (Lipinski definition) is 0. The van der Waals surface area contributed by atoms with Crippen molar-refractivity contribution in [3.8, 4) is 11.4 Å². The first-order chi connectivity index (χ1) is 8.95. The molecule has 19 heavy (non-hydrogen) atoms. The number of carbonyl (C=O) groups excluding carboxylic acids is 1. The lowest BCUT2D eigenvalue weighted by Crippen LogP contribution is -2.03. The van der Waals surface area contributed by atoms with E-state index in [0.717, 1.165) is 28.4 Å². The number of aryl methyl sites for hydroxylation is 1. The average Bonchev–Trinajstić information content (AvgIpc) is 2.65.